The normalized spacial score (nSPS) is 16.6. The van der Waals surface area contributed by atoms with Crippen molar-refractivity contribution in [2.75, 3.05) is 37.6 Å². The van der Waals surface area contributed by atoms with Crippen LogP contribution in [0, 0.1) is 0 Å². The molecule has 2 rings (SSSR count). The topological polar surface area (TPSA) is 56.7 Å². The van der Waals surface area contributed by atoms with Gasteiger partial charge in [0.2, 0.25) is 0 Å². The molecule has 1 N–H and O–H groups in total. The van der Waals surface area contributed by atoms with Crippen LogP contribution in [-0.2, 0) is 6.42 Å². The SMILES string of the molecule is CCc1cc(C(=O)O)cc(N2CCN(CC)CC2)n1. The molecule has 1 fully saturated rings. The van der Waals surface area contributed by atoms with Gasteiger partial charge in [0.15, 0.2) is 0 Å². The lowest BCUT2D eigenvalue weighted by atomic mass is 10.2. The van der Waals surface area contributed by atoms with Crippen LogP contribution in [0.3, 0.4) is 0 Å². The molecule has 1 aliphatic heterocycles. The lowest BCUT2D eigenvalue weighted by Crippen LogP contribution is -2.46. The van der Waals surface area contributed by atoms with Gasteiger partial charge in [-0.3, -0.25) is 0 Å². The maximum Gasteiger partial charge on any atom is 0.335 e. The quantitative estimate of drug-likeness (QED) is 0.892. The fourth-order valence-electron chi connectivity index (χ4n) is 2.33. The van der Waals surface area contributed by atoms with Crippen molar-refractivity contribution in [2.45, 2.75) is 20.3 Å². The summed E-state index contributed by atoms with van der Waals surface area (Å²) in [6, 6.07) is 3.34. The van der Waals surface area contributed by atoms with E-state index in [1.54, 1.807) is 12.1 Å². The molecule has 0 unspecified atom stereocenters. The first-order valence-corrected chi connectivity index (χ1v) is 6.85. The second-order valence-corrected chi connectivity index (χ2v) is 4.79. The van der Waals surface area contributed by atoms with E-state index in [9.17, 15) is 4.79 Å². The zero-order chi connectivity index (χ0) is 13.8. The van der Waals surface area contributed by atoms with Gasteiger partial charge in [-0.1, -0.05) is 13.8 Å². The van der Waals surface area contributed by atoms with Gasteiger partial charge in [-0.05, 0) is 25.1 Å². The number of carboxylic acids is 1. The monoisotopic (exact) mass is 263 g/mol. The summed E-state index contributed by atoms with van der Waals surface area (Å²) >= 11 is 0. The molecule has 19 heavy (non-hydrogen) atoms. The fraction of sp³-hybridized carbons (Fsp3) is 0.571. The Hall–Kier alpha value is -1.62. The lowest BCUT2D eigenvalue weighted by Gasteiger charge is -2.35. The number of aryl methyl sites for hydroxylation is 1. The lowest BCUT2D eigenvalue weighted by molar-refractivity contribution is 0.0696. The van der Waals surface area contributed by atoms with Gasteiger partial charge >= 0.3 is 5.97 Å². The zero-order valence-electron chi connectivity index (χ0n) is 11.6. The van der Waals surface area contributed by atoms with Crippen molar-refractivity contribution in [3.63, 3.8) is 0 Å². The molecular formula is C14H21N3O2. The van der Waals surface area contributed by atoms with Crippen LogP contribution in [0.4, 0.5) is 5.82 Å². The molecule has 0 aromatic carbocycles. The van der Waals surface area contributed by atoms with E-state index in [0.717, 1.165) is 50.7 Å². The summed E-state index contributed by atoms with van der Waals surface area (Å²) in [4.78, 5) is 20.3. The number of carbonyl (C=O) groups is 1. The summed E-state index contributed by atoms with van der Waals surface area (Å²) in [6.45, 7) is 9.06. The van der Waals surface area contributed by atoms with E-state index in [-0.39, 0.29) is 0 Å². The number of piperazine rings is 1. The van der Waals surface area contributed by atoms with Gasteiger partial charge in [0.1, 0.15) is 5.82 Å². The van der Waals surface area contributed by atoms with Crippen molar-refractivity contribution in [1.82, 2.24) is 9.88 Å². The minimum absolute atomic E-state index is 0.333. The van der Waals surface area contributed by atoms with Crippen LogP contribution in [0.2, 0.25) is 0 Å². The first kappa shape index (κ1) is 13.8. The number of pyridine rings is 1. The van der Waals surface area contributed by atoms with E-state index in [2.05, 4.69) is 21.7 Å². The predicted molar refractivity (Wildman–Crippen MR) is 74.9 cm³/mol. The molecule has 5 nitrogen and oxygen atoms in total. The van der Waals surface area contributed by atoms with Crippen LogP contribution in [0.1, 0.15) is 29.9 Å². The zero-order valence-corrected chi connectivity index (χ0v) is 11.6. The fourth-order valence-corrected chi connectivity index (χ4v) is 2.33. The number of likely N-dealkylation sites (N-methyl/N-ethyl adjacent to an activating group) is 1. The number of carboxylic acid groups (broad SMARTS) is 1. The molecule has 1 aromatic heterocycles. The van der Waals surface area contributed by atoms with Crippen LogP contribution < -0.4 is 4.90 Å². The molecular weight excluding hydrogens is 242 g/mol. The minimum atomic E-state index is -0.884. The van der Waals surface area contributed by atoms with Gasteiger partial charge in [0.25, 0.3) is 0 Å². The van der Waals surface area contributed by atoms with Gasteiger partial charge in [-0.25, -0.2) is 9.78 Å². The van der Waals surface area contributed by atoms with Gasteiger partial charge in [-0.15, -0.1) is 0 Å². The maximum atomic E-state index is 11.1. The number of hydrogen-bond donors (Lipinski definition) is 1. The second-order valence-electron chi connectivity index (χ2n) is 4.79. The van der Waals surface area contributed by atoms with E-state index < -0.39 is 5.97 Å². The summed E-state index contributed by atoms with van der Waals surface area (Å²) in [5.74, 6) is -0.0851. The average molecular weight is 263 g/mol. The van der Waals surface area contributed by atoms with Crippen molar-refractivity contribution in [3.8, 4) is 0 Å². The van der Waals surface area contributed by atoms with Crippen LogP contribution in [-0.4, -0.2) is 53.7 Å². The Morgan fingerprint density at radius 2 is 1.95 bits per heavy atom. The van der Waals surface area contributed by atoms with E-state index >= 15 is 0 Å². The third-order valence-electron chi connectivity index (χ3n) is 3.62. The predicted octanol–water partition coefficient (Wildman–Crippen LogP) is 1.48. The van der Waals surface area contributed by atoms with Crippen molar-refractivity contribution < 1.29 is 9.90 Å². The molecule has 0 atom stereocenters. The Morgan fingerprint density at radius 1 is 1.26 bits per heavy atom. The number of hydrogen-bond acceptors (Lipinski definition) is 4. The number of rotatable bonds is 4. The van der Waals surface area contributed by atoms with Crippen LogP contribution in [0.15, 0.2) is 12.1 Å². The summed E-state index contributed by atoms with van der Waals surface area (Å²) in [5.41, 5.74) is 1.17. The first-order valence-electron chi connectivity index (χ1n) is 6.85. The Balaban J connectivity index is 2.20. The van der Waals surface area contributed by atoms with Crippen molar-refractivity contribution in [2.24, 2.45) is 0 Å². The Morgan fingerprint density at radius 3 is 2.47 bits per heavy atom. The molecule has 104 valence electrons. The Kier molecular flexibility index (Phi) is 4.37. The van der Waals surface area contributed by atoms with Crippen LogP contribution in [0.25, 0.3) is 0 Å². The molecule has 5 heteroatoms. The molecule has 1 aromatic rings. The van der Waals surface area contributed by atoms with E-state index in [4.69, 9.17) is 5.11 Å². The molecule has 1 saturated heterocycles. The van der Waals surface area contributed by atoms with E-state index in [0.29, 0.717) is 5.56 Å². The Labute approximate surface area is 113 Å². The molecule has 0 radical (unpaired) electrons. The largest absolute Gasteiger partial charge is 0.478 e. The second kappa shape index (κ2) is 6.02. The number of nitrogens with zero attached hydrogens (tertiary/aromatic N) is 3. The third kappa shape index (κ3) is 3.23. The molecule has 0 bridgehead atoms. The molecule has 1 aliphatic rings. The molecule has 0 aliphatic carbocycles. The molecule has 0 amide bonds. The third-order valence-corrected chi connectivity index (χ3v) is 3.62. The number of aromatic carboxylic acids is 1. The van der Waals surface area contributed by atoms with Gasteiger partial charge in [0.05, 0.1) is 5.56 Å². The van der Waals surface area contributed by atoms with Gasteiger partial charge in [0, 0.05) is 31.9 Å². The van der Waals surface area contributed by atoms with Crippen molar-refractivity contribution in [3.05, 3.63) is 23.4 Å². The highest BCUT2D eigenvalue weighted by Gasteiger charge is 2.18. The van der Waals surface area contributed by atoms with Gasteiger partial charge in [-0.2, -0.15) is 0 Å². The van der Waals surface area contributed by atoms with Crippen molar-refractivity contribution >= 4 is 11.8 Å². The molecule has 0 spiro atoms. The summed E-state index contributed by atoms with van der Waals surface area (Å²) in [5, 5.41) is 9.15. The summed E-state index contributed by atoms with van der Waals surface area (Å²) < 4.78 is 0. The summed E-state index contributed by atoms with van der Waals surface area (Å²) in [7, 11) is 0. The van der Waals surface area contributed by atoms with E-state index in [1.807, 2.05) is 6.92 Å². The van der Waals surface area contributed by atoms with Crippen LogP contribution in [0.5, 0.6) is 0 Å². The smallest absolute Gasteiger partial charge is 0.335 e. The first-order chi connectivity index (χ1) is 9.13. The standard InChI is InChI=1S/C14H21N3O2/c1-3-12-9-11(14(18)19)10-13(15-12)17-7-5-16(4-2)6-8-17/h9-10H,3-8H2,1-2H3,(H,18,19). The Bertz CT molecular complexity index is 454. The molecule has 2 heterocycles. The number of aromatic nitrogens is 1. The maximum absolute atomic E-state index is 11.1. The van der Waals surface area contributed by atoms with Crippen molar-refractivity contribution in [1.29, 1.82) is 0 Å². The minimum Gasteiger partial charge on any atom is -0.478 e. The highest BCUT2D eigenvalue weighted by molar-refractivity contribution is 5.88. The van der Waals surface area contributed by atoms with E-state index in [1.165, 1.54) is 0 Å². The summed E-state index contributed by atoms with van der Waals surface area (Å²) in [6.07, 6.45) is 0.753. The highest BCUT2D eigenvalue weighted by atomic mass is 16.4. The highest BCUT2D eigenvalue weighted by Crippen LogP contribution is 2.17. The molecule has 0 saturated carbocycles. The van der Waals surface area contributed by atoms with Gasteiger partial charge < -0.3 is 14.9 Å². The number of anilines is 1. The average Bonchev–Trinajstić information content (AvgIpc) is 2.46. The van der Waals surface area contributed by atoms with Crippen LogP contribution >= 0.6 is 0 Å².